The number of nitrogens with two attached hydrogens (primary N) is 1. The van der Waals surface area contributed by atoms with Gasteiger partial charge in [-0.3, -0.25) is 4.57 Å². The normalized spacial score (nSPS) is 11.2. The highest BCUT2D eigenvalue weighted by molar-refractivity contribution is 5.78. The third-order valence-electron chi connectivity index (χ3n) is 5.25. The summed E-state index contributed by atoms with van der Waals surface area (Å²) in [6.07, 6.45) is 3.18. The van der Waals surface area contributed by atoms with Crippen LogP contribution in [0.25, 0.3) is 11.2 Å². The van der Waals surface area contributed by atoms with Gasteiger partial charge in [-0.05, 0) is 55.3 Å². The van der Waals surface area contributed by atoms with E-state index in [0.29, 0.717) is 12.5 Å². The van der Waals surface area contributed by atoms with Crippen LogP contribution in [0.1, 0.15) is 33.1 Å². The maximum absolute atomic E-state index is 5.76. The molecular weight excluding hydrogens is 364 g/mol. The number of fused-ring (bicyclic) bond motifs is 1. The van der Waals surface area contributed by atoms with E-state index in [2.05, 4.69) is 29.0 Å². The molecule has 7 nitrogen and oxygen atoms in total. The highest BCUT2D eigenvalue weighted by Gasteiger charge is 2.13. The molecule has 2 heterocycles. The highest BCUT2D eigenvalue weighted by Crippen LogP contribution is 2.25. The molecule has 0 atom stereocenters. The fraction of sp³-hybridized carbons (Fsp3) is 0.455. The van der Waals surface area contributed by atoms with Crippen LogP contribution >= 0.6 is 0 Å². The molecule has 3 aromatic rings. The van der Waals surface area contributed by atoms with Gasteiger partial charge < -0.3 is 21.1 Å². The van der Waals surface area contributed by atoms with Gasteiger partial charge in [0.05, 0.1) is 7.11 Å². The summed E-state index contributed by atoms with van der Waals surface area (Å²) in [5, 5.41) is 6.89. The first-order valence-corrected chi connectivity index (χ1v) is 10.4. The second-order valence-corrected chi connectivity index (χ2v) is 7.19. The zero-order chi connectivity index (χ0) is 20.6. The molecule has 0 spiro atoms. The molecule has 0 aliphatic heterocycles. The van der Waals surface area contributed by atoms with Gasteiger partial charge in [0.15, 0.2) is 5.65 Å². The van der Waals surface area contributed by atoms with Gasteiger partial charge in [0, 0.05) is 18.8 Å². The summed E-state index contributed by atoms with van der Waals surface area (Å²) in [6, 6.07) is 11.8. The van der Waals surface area contributed by atoms with Crippen LogP contribution in [0, 0.1) is 5.92 Å². The lowest BCUT2D eigenvalue weighted by Crippen LogP contribution is -2.14. The van der Waals surface area contributed by atoms with Crippen LogP contribution in [-0.2, 0) is 6.54 Å². The molecule has 0 aliphatic carbocycles. The average Bonchev–Trinajstić information content (AvgIpc) is 3.09. The Morgan fingerprint density at radius 3 is 2.48 bits per heavy atom. The van der Waals surface area contributed by atoms with E-state index in [9.17, 15) is 0 Å². The van der Waals surface area contributed by atoms with Crippen molar-refractivity contribution >= 4 is 28.6 Å². The fourth-order valence-corrected chi connectivity index (χ4v) is 3.29. The maximum atomic E-state index is 5.76. The Hall–Kier alpha value is -2.80. The molecular formula is C22H32N6O. The Bertz CT molecular complexity index is 902. The summed E-state index contributed by atoms with van der Waals surface area (Å²) in [4.78, 5) is 9.61. The predicted octanol–water partition coefficient (Wildman–Crippen LogP) is 4.38. The molecule has 1 aromatic carbocycles. The SMILES string of the molecule is CCC(CC)CNc1ccc2nc(Nc3ccc(OC)cc3)n(CCCN)c2n1. The molecule has 29 heavy (non-hydrogen) atoms. The van der Waals surface area contributed by atoms with Crippen LogP contribution < -0.4 is 21.1 Å². The molecule has 0 bridgehead atoms. The van der Waals surface area contributed by atoms with Gasteiger partial charge in [-0.15, -0.1) is 0 Å². The summed E-state index contributed by atoms with van der Waals surface area (Å²) in [5.41, 5.74) is 8.44. The number of aromatic nitrogens is 3. The van der Waals surface area contributed by atoms with E-state index in [1.165, 1.54) is 0 Å². The summed E-state index contributed by atoms with van der Waals surface area (Å²) in [5.74, 6) is 3.13. The first-order chi connectivity index (χ1) is 14.2. The Morgan fingerprint density at radius 2 is 1.83 bits per heavy atom. The van der Waals surface area contributed by atoms with E-state index < -0.39 is 0 Å². The molecule has 0 fully saturated rings. The van der Waals surface area contributed by atoms with Crippen molar-refractivity contribution in [3.05, 3.63) is 36.4 Å². The number of benzene rings is 1. The molecule has 0 amide bonds. The van der Waals surface area contributed by atoms with Crippen molar-refractivity contribution in [1.29, 1.82) is 0 Å². The fourth-order valence-electron chi connectivity index (χ4n) is 3.29. The van der Waals surface area contributed by atoms with E-state index in [1.807, 2.05) is 36.4 Å². The Kier molecular flexibility index (Phi) is 7.30. The van der Waals surface area contributed by atoms with Gasteiger partial charge in [0.25, 0.3) is 0 Å². The lowest BCUT2D eigenvalue weighted by atomic mass is 10.0. The van der Waals surface area contributed by atoms with Crippen molar-refractivity contribution in [2.45, 2.75) is 39.7 Å². The number of methoxy groups -OCH3 is 1. The molecule has 0 radical (unpaired) electrons. The average molecular weight is 397 g/mol. The molecule has 0 aliphatic rings. The van der Waals surface area contributed by atoms with E-state index in [-0.39, 0.29) is 0 Å². The van der Waals surface area contributed by atoms with E-state index in [1.54, 1.807) is 7.11 Å². The number of pyridine rings is 1. The van der Waals surface area contributed by atoms with Crippen LogP contribution in [0.2, 0.25) is 0 Å². The second kappa shape index (κ2) is 10.1. The van der Waals surface area contributed by atoms with Crippen molar-refractivity contribution in [3.8, 4) is 5.75 Å². The molecule has 7 heteroatoms. The van der Waals surface area contributed by atoms with Crippen LogP contribution in [0.4, 0.5) is 17.5 Å². The number of hydrogen-bond donors (Lipinski definition) is 3. The molecule has 0 saturated carbocycles. The third kappa shape index (κ3) is 5.17. The molecule has 0 saturated heterocycles. The summed E-state index contributed by atoms with van der Waals surface area (Å²) in [6.45, 7) is 6.76. The van der Waals surface area contributed by atoms with E-state index in [0.717, 1.165) is 66.7 Å². The Labute approximate surface area is 172 Å². The molecule has 4 N–H and O–H groups in total. The summed E-state index contributed by atoms with van der Waals surface area (Å²) in [7, 11) is 1.66. The first kappa shape index (κ1) is 20.9. The maximum Gasteiger partial charge on any atom is 0.209 e. The molecule has 0 unspecified atom stereocenters. The number of rotatable bonds is 11. The number of hydrogen-bond acceptors (Lipinski definition) is 6. The number of ether oxygens (including phenoxy) is 1. The highest BCUT2D eigenvalue weighted by atomic mass is 16.5. The Balaban J connectivity index is 1.87. The minimum absolute atomic E-state index is 0.619. The zero-order valence-corrected chi connectivity index (χ0v) is 17.6. The van der Waals surface area contributed by atoms with Crippen molar-refractivity contribution in [1.82, 2.24) is 14.5 Å². The number of imidazole rings is 1. The Morgan fingerprint density at radius 1 is 1.07 bits per heavy atom. The van der Waals surface area contributed by atoms with Gasteiger partial charge in [0.2, 0.25) is 5.95 Å². The molecule has 3 rings (SSSR count). The molecule has 156 valence electrons. The number of nitrogens with one attached hydrogen (secondary N) is 2. The quantitative estimate of drug-likeness (QED) is 0.446. The van der Waals surface area contributed by atoms with Crippen LogP contribution in [0.15, 0.2) is 36.4 Å². The van der Waals surface area contributed by atoms with Crippen LogP contribution in [0.5, 0.6) is 5.75 Å². The number of aryl methyl sites for hydroxylation is 1. The minimum Gasteiger partial charge on any atom is -0.497 e. The van der Waals surface area contributed by atoms with E-state index in [4.69, 9.17) is 20.4 Å². The van der Waals surface area contributed by atoms with Crippen LogP contribution in [-0.4, -0.2) is 34.7 Å². The van der Waals surface area contributed by atoms with Crippen molar-refractivity contribution in [2.24, 2.45) is 11.7 Å². The number of nitrogens with zero attached hydrogens (tertiary/aromatic N) is 3. The monoisotopic (exact) mass is 396 g/mol. The van der Waals surface area contributed by atoms with Crippen molar-refractivity contribution < 1.29 is 4.74 Å². The third-order valence-corrected chi connectivity index (χ3v) is 5.25. The largest absolute Gasteiger partial charge is 0.497 e. The first-order valence-electron chi connectivity index (χ1n) is 10.4. The standard InChI is InChI=1S/C22H32N6O/c1-4-16(5-2)15-24-20-12-11-19-21(27-20)28(14-6-13-23)22(26-19)25-17-7-9-18(29-3)10-8-17/h7-12,16H,4-6,13-15,23H2,1-3H3,(H,24,27)(H,25,26). The van der Waals surface area contributed by atoms with Gasteiger partial charge in [-0.1, -0.05) is 26.7 Å². The van der Waals surface area contributed by atoms with Gasteiger partial charge in [0.1, 0.15) is 17.1 Å². The van der Waals surface area contributed by atoms with Crippen molar-refractivity contribution in [3.63, 3.8) is 0 Å². The van der Waals surface area contributed by atoms with Crippen molar-refractivity contribution in [2.75, 3.05) is 30.8 Å². The number of anilines is 3. The van der Waals surface area contributed by atoms with Crippen LogP contribution in [0.3, 0.4) is 0 Å². The zero-order valence-electron chi connectivity index (χ0n) is 17.6. The lowest BCUT2D eigenvalue weighted by molar-refractivity contribution is 0.415. The lowest BCUT2D eigenvalue weighted by Gasteiger charge is -2.14. The predicted molar refractivity (Wildman–Crippen MR) is 120 cm³/mol. The smallest absolute Gasteiger partial charge is 0.209 e. The van der Waals surface area contributed by atoms with E-state index >= 15 is 0 Å². The van der Waals surface area contributed by atoms with Gasteiger partial charge in [-0.2, -0.15) is 0 Å². The summed E-state index contributed by atoms with van der Waals surface area (Å²) >= 11 is 0. The topological polar surface area (TPSA) is 90.0 Å². The minimum atomic E-state index is 0.619. The second-order valence-electron chi connectivity index (χ2n) is 7.19. The van der Waals surface area contributed by atoms with Gasteiger partial charge >= 0.3 is 0 Å². The molecule has 2 aromatic heterocycles. The van der Waals surface area contributed by atoms with Gasteiger partial charge in [-0.25, -0.2) is 9.97 Å². The summed E-state index contributed by atoms with van der Waals surface area (Å²) < 4.78 is 7.34.